The number of ether oxygens (including phenoxy) is 2. The Kier molecular flexibility index (Phi) is 7.51. The molecule has 1 aromatic carbocycles. The summed E-state index contributed by atoms with van der Waals surface area (Å²) in [6, 6.07) is 5.79. The molecule has 1 saturated heterocycles. The first-order chi connectivity index (χ1) is 14.0. The van der Waals surface area contributed by atoms with E-state index in [0.717, 1.165) is 49.3 Å². The van der Waals surface area contributed by atoms with Gasteiger partial charge in [-0.2, -0.15) is 0 Å². The van der Waals surface area contributed by atoms with Crippen molar-refractivity contribution in [3.63, 3.8) is 0 Å². The molecule has 0 bridgehead atoms. The Morgan fingerprint density at radius 2 is 1.86 bits per heavy atom. The Labute approximate surface area is 176 Å². The molecule has 0 unspecified atom stereocenters. The zero-order valence-electron chi connectivity index (χ0n) is 16.7. The van der Waals surface area contributed by atoms with Gasteiger partial charge in [0.25, 0.3) is 0 Å². The lowest BCUT2D eigenvalue weighted by atomic mass is 10.2. The van der Waals surface area contributed by atoms with Crippen LogP contribution in [0.4, 0.5) is 0 Å². The highest BCUT2D eigenvalue weighted by molar-refractivity contribution is 7.80. The zero-order valence-corrected chi connectivity index (χ0v) is 17.6. The van der Waals surface area contributed by atoms with Crippen molar-refractivity contribution in [1.82, 2.24) is 20.7 Å². The van der Waals surface area contributed by atoms with E-state index >= 15 is 0 Å². The van der Waals surface area contributed by atoms with Crippen molar-refractivity contribution in [2.45, 2.75) is 45.6 Å². The van der Waals surface area contributed by atoms with Crippen LogP contribution in [0.1, 0.15) is 44.6 Å². The predicted octanol–water partition coefficient (Wildman–Crippen LogP) is 1.94. The fraction of sp³-hybridized carbons (Fsp3) is 0.550. The second kappa shape index (κ2) is 10.3. The molecule has 1 aromatic rings. The maximum Gasteiger partial charge on any atom is 0.241 e. The number of thiocarbonyl (C=S) groups is 1. The van der Waals surface area contributed by atoms with E-state index in [0.29, 0.717) is 31.2 Å². The average molecular weight is 421 g/mol. The first-order valence-corrected chi connectivity index (χ1v) is 10.4. The van der Waals surface area contributed by atoms with E-state index < -0.39 is 0 Å². The number of hydrogen-bond donors (Lipinski definition) is 2. The minimum atomic E-state index is -0.0180. The van der Waals surface area contributed by atoms with Crippen molar-refractivity contribution >= 4 is 29.1 Å². The summed E-state index contributed by atoms with van der Waals surface area (Å²) in [7, 11) is 0. The number of rotatable bonds is 8. The molecular weight excluding hydrogens is 392 g/mol. The first kappa shape index (κ1) is 21.2. The van der Waals surface area contributed by atoms with Crippen LogP contribution in [0, 0.1) is 0 Å². The Hall–Kier alpha value is -2.55. The summed E-state index contributed by atoms with van der Waals surface area (Å²) in [5.41, 5.74) is 1.04. The molecule has 0 radical (unpaired) electrons. The molecule has 158 valence electrons. The largest absolute Gasteiger partial charge is 0.454 e. The molecule has 0 saturated carbocycles. The second-order valence-electron chi connectivity index (χ2n) is 7.13. The topological polar surface area (TPSA) is 83.1 Å². The fourth-order valence-electron chi connectivity index (χ4n) is 3.37. The van der Waals surface area contributed by atoms with Crippen LogP contribution in [0.2, 0.25) is 0 Å². The SMILES string of the molecule is CC(=O)NCCCCCC(=O)N1CCCN1C(=S)NCc1ccc2c(c1)OCO2. The van der Waals surface area contributed by atoms with E-state index in [9.17, 15) is 9.59 Å². The van der Waals surface area contributed by atoms with E-state index in [2.05, 4.69) is 10.6 Å². The van der Waals surface area contributed by atoms with Crippen LogP contribution in [0.3, 0.4) is 0 Å². The van der Waals surface area contributed by atoms with Gasteiger partial charge < -0.3 is 20.1 Å². The highest BCUT2D eigenvalue weighted by Gasteiger charge is 2.28. The van der Waals surface area contributed by atoms with Crippen LogP contribution in [0.15, 0.2) is 18.2 Å². The molecule has 0 spiro atoms. The van der Waals surface area contributed by atoms with Crippen LogP contribution in [-0.4, -0.2) is 53.4 Å². The molecule has 0 aromatic heterocycles. The average Bonchev–Trinajstić information content (AvgIpc) is 3.37. The van der Waals surface area contributed by atoms with Crippen LogP contribution in [0.5, 0.6) is 11.5 Å². The summed E-state index contributed by atoms with van der Waals surface area (Å²) in [4.78, 5) is 23.4. The summed E-state index contributed by atoms with van der Waals surface area (Å²) >= 11 is 5.53. The number of amides is 2. The third-order valence-electron chi connectivity index (χ3n) is 4.88. The van der Waals surface area contributed by atoms with E-state index in [-0.39, 0.29) is 18.6 Å². The quantitative estimate of drug-likeness (QED) is 0.491. The van der Waals surface area contributed by atoms with Gasteiger partial charge in [0.1, 0.15) is 0 Å². The molecule has 2 aliphatic heterocycles. The fourth-order valence-corrected chi connectivity index (χ4v) is 3.64. The number of hydrazine groups is 1. The number of hydrogen-bond acceptors (Lipinski definition) is 5. The third kappa shape index (κ3) is 5.96. The normalized spacial score (nSPS) is 14.8. The van der Waals surface area contributed by atoms with Crippen molar-refractivity contribution in [2.75, 3.05) is 26.4 Å². The molecule has 0 atom stereocenters. The smallest absolute Gasteiger partial charge is 0.241 e. The van der Waals surface area contributed by atoms with Crippen molar-refractivity contribution in [1.29, 1.82) is 0 Å². The Bertz CT molecular complexity index is 758. The van der Waals surface area contributed by atoms with Gasteiger partial charge in [0.2, 0.25) is 18.6 Å². The Morgan fingerprint density at radius 1 is 1.07 bits per heavy atom. The molecule has 29 heavy (non-hydrogen) atoms. The molecule has 2 N–H and O–H groups in total. The lowest BCUT2D eigenvalue weighted by Crippen LogP contribution is -2.48. The van der Waals surface area contributed by atoms with Gasteiger partial charge in [-0.25, -0.2) is 0 Å². The van der Waals surface area contributed by atoms with Crippen molar-refractivity contribution in [3.8, 4) is 11.5 Å². The predicted molar refractivity (Wildman–Crippen MR) is 112 cm³/mol. The van der Waals surface area contributed by atoms with Crippen molar-refractivity contribution in [2.24, 2.45) is 0 Å². The molecule has 9 heteroatoms. The van der Waals surface area contributed by atoms with Gasteiger partial charge in [0.15, 0.2) is 16.6 Å². The molecular formula is C20H28N4O4S. The van der Waals surface area contributed by atoms with E-state index in [1.54, 1.807) is 5.01 Å². The number of nitrogens with one attached hydrogen (secondary N) is 2. The lowest BCUT2D eigenvalue weighted by Gasteiger charge is -2.30. The van der Waals surface area contributed by atoms with Gasteiger partial charge in [0.05, 0.1) is 0 Å². The number of unbranched alkanes of at least 4 members (excludes halogenated alkanes) is 2. The summed E-state index contributed by atoms with van der Waals surface area (Å²) < 4.78 is 10.7. The number of nitrogens with zero attached hydrogens (tertiary/aromatic N) is 2. The maximum absolute atomic E-state index is 12.6. The lowest BCUT2D eigenvalue weighted by molar-refractivity contribution is -0.139. The van der Waals surface area contributed by atoms with Crippen LogP contribution in [-0.2, 0) is 16.1 Å². The van der Waals surface area contributed by atoms with Gasteiger partial charge in [-0.05, 0) is 49.2 Å². The molecule has 8 nitrogen and oxygen atoms in total. The van der Waals surface area contributed by atoms with Crippen LogP contribution < -0.4 is 20.1 Å². The maximum atomic E-state index is 12.6. The molecule has 0 aliphatic carbocycles. The zero-order chi connectivity index (χ0) is 20.6. The Balaban J connectivity index is 1.41. The monoisotopic (exact) mass is 420 g/mol. The van der Waals surface area contributed by atoms with E-state index in [4.69, 9.17) is 21.7 Å². The van der Waals surface area contributed by atoms with Crippen LogP contribution >= 0.6 is 12.2 Å². The number of carbonyl (C=O) groups is 2. The highest BCUT2D eigenvalue weighted by atomic mass is 32.1. The summed E-state index contributed by atoms with van der Waals surface area (Å²) in [5.74, 6) is 1.57. The molecule has 1 fully saturated rings. The van der Waals surface area contributed by atoms with E-state index in [1.165, 1.54) is 6.92 Å². The number of fused-ring (bicyclic) bond motifs is 1. The molecule has 2 heterocycles. The van der Waals surface area contributed by atoms with E-state index in [1.807, 2.05) is 23.2 Å². The standard InChI is InChI=1S/C20H28N4O4S/c1-15(25)21-9-4-2-3-6-19(26)23-10-5-11-24(23)20(29)22-13-16-7-8-17-18(12-16)28-14-27-17/h7-8,12H,2-6,9-11,13-14H2,1H3,(H,21,25)(H,22,29). The van der Waals surface area contributed by atoms with Gasteiger partial charge >= 0.3 is 0 Å². The van der Waals surface area contributed by atoms with Crippen LogP contribution in [0.25, 0.3) is 0 Å². The Morgan fingerprint density at radius 3 is 2.69 bits per heavy atom. The van der Waals surface area contributed by atoms with Crippen molar-refractivity contribution < 1.29 is 19.1 Å². The first-order valence-electron chi connectivity index (χ1n) is 10.0. The second-order valence-corrected chi connectivity index (χ2v) is 7.52. The summed E-state index contributed by atoms with van der Waals surface area (Å²) in [6.45, 7) is 4.40. The molecule has 2 aliphatic rings. The molecule has 2 amide bonds. The minimum absolute atomic E-state index is 0.0180. The van der Waals surface area contributed by atoms with Gasteiger partial charge in [-0.15, -0.1) is 0 Å². The third-order valence-corrected chi connectivity index (χ3v) is 5.23. The van der Waals surface area contributed by atoms with Crippen molar-refractivity contribution in [3.05, 3.63) is 23.8 Å². The summed E-state index contributed by atoms with van der Waals surface area (Å²) in [6.07, 6.45) is 3.99. The number of benzene rings is 1. The van der Waals surface area contributed by atoms with Gasteiger partial charge in [0, 0.05) is 39.5 Å². The van der Waals surface area contributed by atoms with Gasteiger partial charge in [-0.3, -0.25) is 19.6 Å². The minimum Gasteiger partial charge on any atom is -0.454 e. The van der Waals surface area contributed by atoms with Gasteiger partial charge in [-0.1, -0.05) is 12.5 Å². The number of carbonyl (C=O) groups excluding carboxylic acids is 2. The highest BCUT2D eigenvalue weighted by Crippen LogP contribution is 2.32. The molecule has 3 rings (SSSR count). The summed E-state index contributed by atoms with van der Waals surface area (Å²) in [5, 5.41) is 10.2.